The van der Waals surface area contributed by atoms with Crippen LogP contribution in [0.1, 0.15) is 19.3 Å². The third-order valence-corrected chi connectivity index (χ3v) is 3.89. The Hall–Kier alpha value is -1.65. The zero-order chi connectivity index (χ0) is 13.9. The van der Waals surface area contributed by atoms with E-state index in [2.05, 4.69) is 15.6 Å². The van der Waals surface area contributed by atoms with E-state index in [9.17, 15) is 4.79 Å². The number of halogens is 1. The molecule has 5 heteroatoms. The van der Waals surface area contributed by atoms with E-state index in [-0.39, 0.29) is 5.91 Å². The molecule has 3 rings (SSSR count). The molecule has 0 radical (unpaired) electrons. The molecule has 1 atom stereocenters. The summed E-state index contributed by atoms with van der Waals surface area (Å²) in [5.74, 6) is 0.0249. The minimum Gasteiger partial charge on any atom is -0.325 e. The van der Waals surface area contributed by atoms with Crippen LogP contribution in [-0.2, 0) is 4.79 Å². The van der Waals surface area contributed by atoms with Crippen molar-refractivity contribution in [3.63, 3.8) is 0 Å². The molecule has 1 aliphatic rings. The number of aromatic nitrogens is 1. The Morgan fingerprint density at radius 1 is 1.45 bits per heavy atom. The van der Waals surface area contributed by atoms with Crippen molar-refractivity contribution in [1.82, 2.24) is 10.3 Å². The van der Waals surface area contributed by atoms with E-state index in [1.165, 1.54) is 0 Å². The second-order valence-corrected chi connectivity index (χ2v) is 5.45. The fraction of sp³-hybridized carbons (Fsp3) is 0.333. The van der Waals surface area contributed by atoms with Crippen molar-refractivity contribution in [1.29, 1.82) is 0 Å². The summed E-state index contributed by atoms with van der Waals surface area (Å²) in [6.07, 6.45) is 4.41. The molecule has 1 unspecified atom stereocenters. The molecule has 0 spiro atoms. The van der Waals surface area contributed by atoms with Crippen LogP contribution in [0, 0.1) is 0 Å². The number of carbonyl (C=O) groups is 1. The molecule has 1 saturated heterocycles. The number of benzene rings is 1. The van der Waals surface area contributed by atoms with Crippen molar-refractivity contribution in [3.05, 3.63) is 35.5 Å². The van der Waals surface area contributed by atoms with Gasteiger partial charge in [-0.15, -0.1) is 0 Å². The minimum atomic E-state index is 0.0249. The Morgan fingerprint density at radius 3 is 3.15 bits per heavy atom. The first-order valence-corrected chi connectivity index (χ1v) is 7.18. The highest BCUT2D eigenvalue weighted by molar-refractivity contribution is 6.35. The maximum Gasteiger partial charge on any atom is 0.225 e. The number of anilines is 1. The van der Waals surface area contributed by atoms with Gasteiger partial charge >= 0.3 is 0 Å². The Bertz CT molecular complexity index is 638. The summed E-state index contributed by atoms with van der Waals surface area (Å²) < 4.78 is 0. The summed E-state index contributed by atoms with van der Waals surface area (Å²) in [4.78, 5) is 16.3. The third kappa shape index (κ3) is 2.76. The summed E-state index contributed by atoms with van der Waals surface area (Å²) in [6.45, 7) is 1.01. The topological polar surface area (TPSA) is 54.0 Å². The lowest BCUT2D eigenvalue weighted by atomic mass is 10.1. The highest BCUT2D eigenvalue weighted by Gasteiger charge is 2.18. The van der Waals surface area contributed by atoms with Gasteiger partial charge in [-0.1, -0.05) is 11.6 Å². The highest BCUT2D eigenvalue weighted by atomic mass is 35.5. The lowest BCUT2D eigenvalue weighted by Gasteiger charge is -2.12. The fourth-order valence-corrected chi connectivity index (χ4v) is 2.82. The summed E-state index contributed by atoms with van der Waals surface area (Å²) in [5.41, 5.74) is 1.48. The van der Waals surface area contributed by atoms with Crippen molar-refractivity contribution < 1.29 is 4.79 Å². The van der Waals surface area contributed by atoms with Gasteiger partial charge in [-0.2, -0.15) is 0 Å². The smallest absolute Gasteiger partial charge is 0.225 e. The zero-order valence-corrected chi connectivity index (χ0v) is 11.8. The van der Waals surface area contributed by atoms with Gasteiger partial charge in [0.15, 0.2) is 0 Å². The van der Waals surface area contributed by atoms with Crippen LogP contribution >= 0.6 is 11.6 Å². The second kappa shape index (κ2) is 5.77. The molecule has 2 N–H and O–H groups in total. The first-order valence-electron chi connectivity index (χ1n) is 6.80. The zero-order valence-electron chi connectivity index (χ0n) is 11.0. The summed E-state index contributed by atoms with van der Waals surface area (Å²) in [5, 5.41) is 7.75. The Labute approximate surface area is 122 Å². The quantitative estimate of drug-likeness (QED) is 0.913. The summed E-state index contributed by atoms with van der Waals surface area (Å²) in [6, 6.07) is 7.64. The van der Waals surface area contributed by atoms with Crippen LogP contribution < -0.4 is 10.6 Å². The molecule has 0 bridgehead atoms. The monoisotopic (exact) mass is 289 g/mol. The normalized spacial score (nSPS) is 18.4. The fourth-order valence-electron chi connectivity index (χ4n) is 2.60. The molecular weight excluding hydrogens is 274 g/mol. The van der Waals surface area contributed by atoms with Gasteiger partial charge in [-0.05, 0) is 43.7 Å². The van der Waals surface area contributed by atoms with E-state index < -0.39 is 0 Å². The number of amides is 1. The number of nitrogens with one attached hydrogen (secondary N) is 2. The van der Waals surface area contributed by atoms with Gasteiger partial charge in [-0.25, -0.2) is 0 Å². The first-order chi connectivity index (χ1) is 9.74. The predicted octanol–water partition coefficient (Wildman–Crippen LogP) is 2.97. The van der Waals surface area contributed by atoms with Gasteiger partial charge in [0.2, 0.25) is 5.91 Å². The maximum atomic E-state index is 12.1. The molecule has 1 aromatic heterocycles. The molecule has 2 heterocycles. The van der Waals surface area contributed by atoms with Crippen molar-refractivity contribution in [2.24, 2.45) is 0 Å². The van der Waals surface area contributed by atoms with Crippen molar-refractivity contribution in [3.8, 4) is 0 Å². The van der Waals surface area contributed by atoms with E-state index in [4.69, 9.17) is 11.6 Å². The van der Waals surface area contributed by atoms with Gasteiger partial charge in [0, 0.05) is 24.0 Å². The number of pyridine rings is 1. The number of nitrogens with zero attached hydrogens (tertiary/aromatic N) is 1. The van der Waals surface area contributed by atoms with Crippen LogP contribution in [0.5, 0.6) is 0 Å². The molecule has 2 aromatic rings. The van der Waals surface area contributed by atoms with E-state index in [0.717, 1.165) is 30.5 Å². The van der Waals surface area contributed by atoms with Crippen LogP contribution in [0.4, 0.5) is 5.69 Å². The molecule has 104 valence electrons. The van der Waals surface area contributed by atoms with Gasteiger partial charge in [0.1, 0.15) is 0 Å². The standard InChI is InChI=1S/C15H16ClN3O/c16-12-5-6-13(11-4-2-8-18-15(11)12)19-14(20)9-10-3-1-7-17-10/h2,4-6,8,10,17H,1,3,7,9H2,(H,19,20). The molecule has 0 saturated carbocycles. The van der Waals surface area contributed by atoms with Crippen molar-refractivity contribution in [2.45, 2.75) is 25.3 Å². The molecule has 1 amide bonds. The maximum absolute atomic E-state index is 12.1. The largest absolute Gasteiger partial charge is 0.325 e. The number of carbonyl (C=O) groups excluding carboxylic acids is 1. The van der Waals surface area contributed by atoms with E-state index >= 15 is 0 Å². The second-order valence-electron chi connectivity index (χ2n) is 5.04. The molecule has 1 aliphatic heterocycles. The number of hydrogen-bond acceptors (Lipinski definition) is 3. The van der Waals surface area contributed by atoms with Crippen LogP contribution in [-0.4, -0.2) is 23.5 Å². The molecular formula is C15H16ClN3O. The molecule has 1 aromatic carbocycles. The summed E-state index contributed by atoms with van der Waals surface area (Å²) >= 11 is 6.12. The predicted molar refractivity (Wildman–Crippen MR) is 81.0 cm³/mol. The lowest BCUT2D eigenvalue weighted by molar-refractivity contribution is -0.116. The van der Waals surface area contributed by atoms with Gasteiger partial charge in [0.05, 0.1) is 16.2 Å². The Kier molecular flexibility index (Phi) is 3.85. The highest BCUT2D eigenvalue weighted by Crippen LogP contribution is 2.28. The van der Waals surface area contributed by atoms with Crippen LogP contribution in [0.25, 0.3) is 10.9 Å². The van der Waals surface area contributed by atoms with E-state index in [1.54, 1.807) is 12.3 Å². The average molecular weight is 290 g/mol. The van der Waals surface area contributed by atoms with Gasteiger partial charge in [-0.3, -0.25) is 9.78 Å². The Balaban J connectivity index is 1.80. The minimum absolute atomic E-state index is 0.0249. The van der Waals surface area contributed by atoms with Crippen LogP contribution in [0.2, 0.25) is 5.02 Å². The van der Waals surface area contributed by atoms with Crippen molar-refractivity contribution >= 4 is 34.1 Å². The first kappa shape index (κ1) is 13.3. The van der Waals surface area contributed by atoms with Crippen LogP contribution in [0.3, 0.4) is 0 Å². The third-order valence-electron chi connectivity index (χ3n) is 3.59. The number of rotatable bonds is 3. The van der Waals surface area contributed by atoms with E-state index in [0.29, 0.717) is 23.0 Å². The SMILES string of the molecule is O=C(CC1CCCN1)Nc1ccc(Cl)c2ncccc12. The number of fused-ring (bicyclic) bond motifs is 1. The average Bonchev–Trinajstić information content (AvgIpc) is 2.95. The van der Waals surface area contributed by atoms with Gasteiger partial charge in [0.25, 0.3) is 0 Å². The van der Waals surface area contributed by atoms with Gasteiger partial charge < -0.3 is 10.6 Å². The molecule has 1 fully saturated rings. The summed E-state index contributed by atoms with van der Waals surface area (Å²) in [7, 11) is 0. The molecule has 4 nitrogen and oxygen atoms in total. The molecule has 0 aliphatic carbocycles. The van der Waals surface area contributed by atoms with E-state index in [1.807, 2.05) is 18.2 Å². The van der Waals surface area contributed by atoms with Crippen molar-refractivity contribution in [2.75, 3.05) is 11.9 Å². The van der Waals surface area contributed by atoms with Crippen LogP contribution in [0.15, 0.2) is 30.5 Å². The molecule has 20 heavy (non-hydrogen) atoms. The Morgan fingerprint density at radius 2 is 2.35 bits per heavy atom. The number of hydrogen-bond donors (Lipinski definition) is 2. The lowest BCUT2D eigenvalue weighted by Crippen LogP contribution is -2.27.